The third kappa shape index (κ3) is 4.49. The molecule has 1 saturated carbocycles. The number of benzene rings is 1. The summed E-state index contributed by atoms with van der Waals surface area (Å²) in [5, 5.41) is 3.04. The van der Waals surface area contributed by atoms with Crippen molar-refractivity contribution >= 4 is 17.8 Å². The molecule has 6 heteroatoms. The summed E-state index contributed by atoms with van der Waals surface area (Å²) in [5.41, 5.74) is 6.43. The molecule has 27 heavy (non-hydrogen) atoms. The predicted molar refractivity (Wildman–Crippen MR) is 106 cm³/mol. The van der Waals surface area contributed by atoms with Crippen LogP contribution >= 0.6 is 0 Å². The maximum Gasteiger partial charge on any atom is 0.257 e. The highest BCUT2D eigenvalue weighted by atomic mass is 16.2. The number of likely N-dealkylation sites (N-methyl/N-ethyl adjacent to an activating group) is 1. The van der Waals surface area contributed by atoms with Gasteiger partial charge in [-0.2, -0.15) is 0 Å². The van der Waals surface area contributed by atoms with Crippen LogP contribution in [-0.2, 0) is 16.0 Å². The molecule has 1 fully saturated rings. The fourth-order valence-electron chi connectivity index (χ4n) is 4.52. The number of hydrogen-bond donors (Lipinski definition) is 2. The molecule has 1 aliphatic heterocycles. The van der Waals surface area contributed by atoms with Gasteiger partial charge >= 0.3 is 0 Å². The van der Waals surface area contributed by atoms with E-state index in [9.17, 15) is 9.59 Å². The Hall–Kier alpha value is -2.37. The van der Waals surface area contributed by atoms with Crippen LogP contribution in [-0.4, -0.2) is 41.3 Å². The molecule has 2 aliphatic rings. The summed E-state index contributed by atoms with van der Waals surface area (Å²) < 4.78 is 0. The second-order valence-electron chi connectivity index (χ2n) is 7.99. The van der Waals surface area contributed by atoms with E-state index in [2.05, 4.69) is 22.4 Å². The van der Waals surface area contributed by atoms with E-state index in [0.717, 1.165) is 32.1 Å². The van der Waals surface area contributed by atoms with Gasteiger partial charge in [0.15, 0.2) is 5.96 Å². The van der Waals surface area contributed by atoms with Crippen LogP contribution in [0, 0.1) is 5.92 Å². The first-order valence-electron chi connectivity index (χ1n) is 9.84. The smallest absolute Gasteiger partial charge is 0.257 e. The molecule has 1 aliphatic carbocycles. The molecule has 1 heterocycles. The van der Waals surface area contributed by atoms with Crippen molar-refractivity contribution in [2.75, 3.05) is 7.05 Å². The SMILES string of the molecule is CC(=O)NC1CCCC(CC2(CCc3ccccc3)N=C(N)N(C)C2=O)C1. The lowest BCUT2D eigenvalue weighted by Crippen LogP contribution is -2.45. The molecule has 3 unspecified atom stereocenters. The van der Waals surface area contributed by atoms with Crippen molar-refractivity contribution < 1.29 is 9.59 Å². The van der Waals surface area contributed by atoms with E-state index in [1.165, 1.54) is 10.5 Å². The lowest BCUT2D eigenvalue weighted by atomic mass is 9.75. The van der Waals surface area contributed by atoms with E-state index in [0.29, 0.717) is 24.7 Å². The number of hydrogen-bond acceptors (Lipinski definition) is 4. The molecule has 0 radical (unpaired) electrons. The summed E-state index contributed by atoms with van der Waals surface area (Å²) in [6.45, 7) is 1.56. The van der Waals surface area contributed by atoms with Gasteiger partial charge in [-0.3, -0.25) is 14.5 Å². The van der Waals surface area contributed by atoms with E-state index in [1.807, 2.05) is 18.2 Å². The Labute approximate surface area is 161 Å². The molecule has 0 spiro atoms. The Bertz CT molecular complexity index is 718. The normalized spacial score (nSPS) is 28.1. The van der Waals surface area contributed by atoms with Crippen LogP contribution in [0.3, 0.4) is 0 Å². The lowest BCUT2D eigenvalue weighted by Gasteiger charge is -2.34. The van der Waals surface area contributed by atoms with Crippen LogP contribution in [0.1, 0.15) is 51.0 Å². The molecule has 3 N–H and O–H groups in total. The van der Waals surface area contributed by atoms with E-state index in [-0.39, 0.29) is 17.9 Å². The Balaban J connectivity index is 1.74. The molecule has 3 rings (SSSR count). The van der Waals surface area contributed by atoms with E-state index >= 15 is 0 Å². The van der Waals surface area contributed by atoms with Gasteiger partial charge < -0.3 is 11.1 Å². The zero-order valence-electron chi connectivity index (χ0n) is 16.3. The molecule has 3 atom stereocenters. The zero-order chi connectivity index (χ0) is 19.4. The molecule has 6 nitrogen and oxygen atoms in total. The van der Waals surface area contributed by atoms with Crippen molar-refractivity contribution in [1.82, 2.24) is 10.2 Å². The van der Waals surface area contributed by atoms with Crippen LogP contribution < -0.4 is 11.1 Å². The van der Waals surface area contributed by atoms with Gasteiger partial charge in [-0.25, -0.2) is 4.99 Å². The van der Waals surface area contributed by atoms with Crippen LogP contribution in [0.5, 0.6) is 0 Å². The first kappa shape index (κ1) is 19.4. The molecule has 0 bridgehead atoms. The van der Waals surface area contributed by atoms with Crippen LogP contribution in [0.15, 0.2) is 35.3 Å². The van der Waals surface area contributed by atoms with E-state index < -0.39 is 5.54 Å². The topological polar surface area (TPSA) is 87.8 Å². The molecule has 0 saturated heterocycles. The number of nitrogens with zero attached hydrogens (tertiary/aromatic N) is 2. The maximum atomic E-state index is 13.1. The number of carbonyl (C=O) groups excluding carboxylic acids is 2. The Morgan fingerprint density at radius 3 is 2.70 bits per heavy atom. The number of nitrogens with one attached hydrogen (secondary N) is 1. The number of carbonyl (C=O) groups is 2. The van der Waals surface area contributed by atoms with Gasteiger partial charge in [-0.1, -0.05) is 43.2 Å². The molecular formula is C21H30N4O2. The molecule has 1 aromatic carbocycles. The summed E-state index contributed by atoms with van der Waals surface area (Å²) in [5.74, 6) is 0.677. The number of aryl methyl sites for hydroxylation is 1. The van der Waals surface area contributed by atoms with Crippen molar-refractivity contribution in [3.63, 3.8) is 0 Å². The minimum absolute atomic E-state index is 0.00224. The third-order valence-corrected chi connectivity index (χ3v) is 5.86. The minimum atomic E-state index is -0.780. The fraction of sp³-hybridized carbons (Fsp3) is 0.571. The Morgan fingerprint density at radius 1 is 1.33 bits per heavy atom. The summed E-state index contributed by atoms with van der Waals surface area (Å²) in [4.78, 5) is 30.6. The monoisotopic (exact) mass is 370 g/mol. The number of aliphatic imine (C=N–C) groups is 1. The lowest BCUT2D eigenvalue weighted by molar-refractivity contribution is -0.131. The average Bonchev–Trinajstić information content (AvgIpc) is 2.85. The average molecular weight is 370 g/mol. The number of nitrogens with two attached hydrogens (primary N) is 1. The van der Waals surface area contributed by atoms with Crippen molar-refractivity contribution in [2.45, 2.75) is 63.5 Å². The van der Waals surface area contributed by atoms with Gasteiger partial charge in [0, 0.05) is 20.0 Å². The van der Waals surface area contributed by atoms with Gasteiger partial charge in [0.25, 0.3) is 5.91 Å². The highest BCUT2D eigenvalue weighted by Gasteiger charge is 2.47. The van der Waals surface area contributed by atoms with Crippen LogP contribution in [0.25, 0.3) is 0 Å². The first-order chi connectivity index (χ1) is 12.9. The van der Waals surface area contributed by atoms with Crippen molar-refractivity contribution in [1.29, 1.82) is 0 Å². The summed E-state index contributed by atoms with van der Waals surface area (Å²) in [6.07, 6.45) is 6.18. The van der Waals surface area contributed by atoms with Gasteiger partial charge in [-0.15, -0.1) is 0 Å². The second-order valence-corrected chi connectivity index (χ2v) is 7.99. The molecule has 1 aromatic rings. The van der Waals surface area contributed by atoms with Gasteiger partial charge in [-0.05, 0) is 43.6 Å². The predicted octanol–water partition coefficient (Wildman–Crippen LogP) is 2.23. The van der Waals surface area contributed by atoms with Crippen molar-refractivity contribution in [2.24, 2.45) is 16.6 Å². The van der Waals surface area contributed by atoms with Crippen molar-refractivity contribution in [3.05, 3.63) is 35.9 Å². The summed E-state index contributed by atoms with van der Waals surface area (Å²) in [6, 6.07) is 10.4. The Kier molecular flexibility index (Phi) is 5.82. The number of rotatable bonds is 6. The minimum Gasteiger partial charge on any atom is -0.369 e. The fourth-order valence-corrected chi connectivity index (χ4v) is 4.52. The van der Waals surface area contributed by atoms with Gasteiger partial charge in [0.2, 0.25) is 5.91 Å². The second kappa shape index (κ2) is 8.11. The number of guanidine groups is 1. The van der Waals surface area contributed by atoms with E-state index in [4.69, 9.17) is 5.73 Å². The van der Waals surface area contributed by atoms with Gasteiger partial charge in [0.05, 0.1) is 0 Å². The molecular weight excluding hydrogens is 340 g/mol. The Morgan fingerprint density at radius 2 is 2.07 bits per heavy atom. The first-order valence-corrected chi connectivity index (χ1v) is 9.84. The van der Waals surface area contributed by atoms with Gasteiger partial charge in [0.1, 0.15) is 5.54 Å². The molecule has 0 aromatic heterocycles. The quantitative estimate of drug-likeness (QED) is 0.805. The maximum absolute atomic E-state index is 13.1. The zero-order valence-corrected chi connectivity index (χ0v) is 16.3. The highest BCUT2D eigenvalue weighted by Crippen LogP contribution is 2.38. The summed E-state index contributed by atoms with van der Waals surface area (Å²) in [7, 11) is 1.70. The van der Waals surface area contributed by atoms with Crippen molar-refractivity contribution in [3.8, 4) is 0 Å². The largest absolute Gasteiger partial charge is 0.369 e. The van der Waals surface area contributed by atoms with Crippen LogP contribution in [0.4, 0.5) is 0 Å². The summed E-state index contributed by atoms with van der Waals surface area (Å²) >= 11 is 0. The molecule has 146 valence electrons. The third-order valence-electron chi connectivity index (χ3n) is 5.86. The van der Waals surface area contributed by atoms with E-state index in [1.54, 1.807) is 14.0 Å². The van der Waals surface area contributed by atoms with Crippen LogP contribution in [0.2, 0.25) is 0 Å². The standard InChI is InChI=1S/C21H30N4O2/c1-15(26)23-18-10-6-9-17(13-18)14-21(19(27)25(2)20(22)24-21)12-11-16-7-4-3-5-8-16/h3-5,7-8,17-18H,6,9-14H2,1-2H3,(H2,22,24)(H,23,26). The molecule has 2 amide bonds. The highest BCUT2D eigenvalue weighted by molar-refractivity contribution is 6.06. The number of amides is 2.